The van der Waals surface area contributed by atoms with E-state index >= 15 is 0 Å². The Morgan fingerprint density at radius 1 is 1.54 bits per heavy atom. The number of hydrogen-bond donors (Lipinski definition) is 1. The van der Waals surface area contributed by atoms with Gasteiger partial charge in [0, 0.05) is 19.1 Å². The number of piperazine rings is 1. The lowest BCUT2D eigenvalue weighted by molar-refractivity contribution is 0.124. The Bertz CT molecular complexity index is 258. The molecule has 1 unspecified atom stereocenters. The van der Waals surface area contributed by atoms with Gasteiger partial charge in [0.25, 0.3) is 0 Å². The number of likely N-dealkylation sites (N-methyl/N-ethyl adjacent to an activating group) is 1. The summed E-state index contributed by atoms with van der Waals surface area (Å²) >= 11 is 0. The topological polar surface area (TPSA) is 28.4 Å². The third kappa shape index (κ3) is 1.62. The Hall–Kier alpha value is -0.800. The van der Waals surface area contributed by atoms with E-state index in [0.717, 1.165) is 18.8 Å². The molecule has 0 radical (unpaired) electrons. The Morgan fingerprint density at radius 3 is 3.08 bits per heavy atom. The average Bonchev–Trinajstić information content (AvgIpc) is 2.62. The van der Waals surface area contributed by atoms with Crippen LogP contribution in [0, 0.1) is 0 Å². The van der Waals surface area contributed by atoms with Crippen molar-refractivity contribution in [1.82, 2.24) is 10.2 Å². The van der Waals surface area contributed by atoms with Crippen molar-refractivity contribution in [2.75, 3.05) is 20.1 Å². The fraction of sp³-hybridized carbons (Fsp3) is 0.600. The van der Waals surface area contributed by atoms with Crippen LogP contribution in [0.25, 0.3) is 0 Å². The molecule has 1 aliphatic heterocycles. The predicted molar refractivity (Wildman–Crippen MR) is 51.5 cm³/mol. The molecule has 13 heavy (non-hydrogen) atoms. The van der Waals surface area contributed by atoms with Crippen molar-refractivity contribution in [3.05, 3.63) is 24.2 Å². The highest BCUT2D eigenvalue weighted by Gasteiger charge is 2.26. The first-order valence-electron chi connectivity index (χ1n) is 4.75. The van der Waals surface area contributed by atoms with Crippen molar-refractivity contribution in [1.29, 1.82) is 0 Å². The molecule has 1 aliphatic rings. The van der Waals surface area contributed by atoms with Crippen molar-refractivity contribution < 1.29 is 4.42 Å². The lowest BCUT2D eigenvalue weighted by Gasteiger charge is -2.37. The number of hydrogen-bond acceptors (Lipinski definition) is 3. The minimum atomic E-state index is 0.388. The molecule has 1 aromatic rings. The van der Waals surface area contributed by atoms with Gasteiger partial charge in [0.15, 0.2) is 0 Å². The van der Waals surface area contributed by atoms with Crippen LogP contribution in [0.4, 0.5) is 0 Å². The van der Waals surface area contributed by atoms with E-state index in [0.29, 0.717) is 12.1 Å². The second kappa shape index (κ2) is 3.52. The molecule has 1 N–H and O–H groups in total. The van der Waals surface area contributed by atoms with Crippen LogP contribution < -0.4 is 5.32 Å². The molecule has 0 aromatic carbocycles. The molecule has 1 aromatic heterocycles. The van der Waals surface area contributed by atoms with Crippen molar-refractivity contribution in [2.45, 2.75) is 19.0 Å². The van der Waals surface area contributed by atoms with E-state index in [9.17, 15) is 0 Å². The lowest BCUT2D eigenvalue weighted by atomic mass is 10.1. The zero-order valence-electron chi connectivity index (χ0n) is 8.16. The fourth-order valence-electron chi connectivity index (χ4n) is 1.81. The van der Waals surface area contributed by atoms with Crippen molar-refractivity contribution in [2.24, 2.45) is 0 Å². The van der Waals surface area contributed by atoms with Gasteiger partial charge in [-0.3, -0.25) is 4.90 Å². The van der Waals surface area contributed by atoms with E-state index < -0.39 is 0 Å². The van der Waals surface area contributed by atoms with Gasteiger partial charge >= 0.3 is 0 Å². The van der Waals surface area contributed by atoms with Gasteiger partial charge in [0.05, 0.1) is 12.3 Å². The van der Waals surface area contributed by atoms with E-state index in [4.69, 9.17) is 4.42 Å². The largest absolute Gasteiger partial charge is 0.468 e. The van der Waals surface area contributed by atoms with E-state index in [-0.39, 0.29) is 0 Å². The van der Waals surface area contributed by atoms with Gasteiger partial charge in [0.2, 0.25) is 0 Å². The molecule has 3 heteroatoms. The van der Waals surface area contributed by atoms with Gasteiger partial charge in [0.1, 0.15) is 5.76 Å². The summed E-state index contributed by atoms with van der Waals surface area (Å²) in [5.41, 5.74) is 0. The number of nitrogens with zero attached hydrogens (tertiary/aromatic N) is 1. The Kier molecular flexibility index (Phi) is 2.38. The lowest BCUT2D eigenvalue weighted by Crippen LogP contribution is -2.49. The van der Waals surface area contributed by atoms with E-state index in [1.54, 1.807) is 6.26 Å². The quantitative estimate of drug-likeness (QED) is 0.705. The highest BCUT2D eigenvalue weighted by molar-refractivity contribution is 5.07. The maximum absolute atomic E-state index is 5.41. The Morgan fingerprint density at radius 2 is 2.38 bits per heavy atom. The molecular weight excluding hydrogens is 164 g/mol. The van der Waals surface area contributed by atoms with Crippen molar-refractivity contribution in [3.8, 4) is 0 Å². The minimum Gasteiger partial charge on any atom is -0.468 e. The SMILES string of the molecule is C[C@@H]1CNCC(c2ccco2)N1C. The molecule has 2 heterocycles. The third-order valence-electron chi connectivity index (χ3n) is 2.84. The van der Waals surface area contributed by atoms with Crippen LogP contribution in [0.3, 0.4) is 0 Å². The summed E-state index contributed by atoms with van der Waals surface area (Å²) in [6, 6.07) is 4.95. The van der Waals surface area contributed by atoms with E-state index in [1.165, 1.54) is 0 Å². The van der Waals surface area contributed by atoms with Gasteiger partial charge in [-0.1, -0.05) is 0 Å². The smallest absolute Gasteiger partial charge is 0.122 e. The van der Waals surface area contributed by atoms with Gasteiger partial charge < -0.3 is 9.73 Å². The number of furan rings is 1. The molecular formula is C10H16N2O. The van der Waals surface area contributed by atoms with Crippen LogP contribution in [0.15, 0.2) is 22.8 Å². The second-order valence-electron chi connectivity index (χ2n) is 3.70. The standard InChI is InChI=1S/C10H16N2O/c1-8-6-11-7-9(12(8)2)10-4-3-5-13-10/h3-5,8-9,11H,6-7H2,1-2H3/t8-,9?/m1/s1. The molecule has 1 saturated heterocycles. The normalized spacial score (nSPS) is 30.6. The molecule has 72 valence electrons. The molecule has 0 amide bonds. The molecule has 0 aliphatic carbocycles. The highest BCUT2D eigenvalue weighted by atomic mass is 16.3. The van der Waals surface area contributed by atoms with Crippen LogP contribution in [0.1, 0.15) is 18.7 Å². The highest BCUT2D eigenvalue weighted by Crippen LogP contribution is 2.23. The summed E-state index contributed by atoms with van der Waals surface area (Å²) in [5.74, 6) is 1.06. The second-order valence-corrected chi connectivity index (χ2v) is 3.70. The van der Waals surface area contributed by atoms with Crippen LogP contribution in [0.2, 0.25) is 0 Å². The zero-order chi connectivity index (χ0) is 9.26. The fourth-order valence-corrected chi connectivity index (χ4v) is 1.81. The summed E-state index contributed by atoms with van der Waals surface area (Å²) in [7, 11) is 2.15. The van der Waals surface area contributed by atoms with Crippen molar-refractivity contribution in [3.63, 3.8) is 0 Å². The molecule has 0 saturated carbocycles. The Balaban J connectivity index is 2.14. The first-order valence-corrected chi connectivity index (χ1v) is 4.75. The summed E-state index contributed by atoms with van der Waals surface area (Å²) in [5, 5.41) is 3.40. The summed E-state index contributed by atoms with van der Waals surface area (Å²) in [6.45, 7) is 4.27. The average molecular weight is 180 g/mol. The number of rotatable bonds is 1. The first kappa shape index (κ1) is 8.78. The maximum Gasteiger partial charge on any atom is 0.122 e. The van der Waals surface area contributed by atoms with Gasteiger partial charge in [-0.2, -0.15) is 0 Å². The Labute approximate surface area is 78.7 Å². The van der Waals surface area contributed by atoms with Crippen molar-refractivity contribution >= 4 is 0 Å². The summed E-state index contributed by atoms with van der Waals surface area (Å²) in [6.07, 6.45) is 1.74. The molecule has 2 atom stereocenters. The van der Waals surface area contributed by atoms with Crippen LogP contribution in [0.5, 0.6) is 0 Å². The van der Waals surface area contributed by atoms with Gasteiger partial charge in [-0.15, -0.1) is 0 Å². The molecule has 0 spiro atoms. The van der Waals surface area contributed by atoms with Crippen LogP contribution in [-0.4, -0.2) is 31.1 Å². The molecule has 1 fully saturated rings. The number of nitrogens with one attached hydrogen (secondary N) is 1. The predicted octanol–water partition coefficient (Wildman–Crippen LogP) is 1.24. The first-order chi connectivity index (χ1) is 6.29. The van der Waals surface area contributed by atoms with Gasteiger partial charge in [-0.25, -0.2) is 0 Å². The molecule has 2 rings (SSSR count). The monoisotopic (exact) mass is 180 g/mol. The van der Waals surface area contributed by atoms with E-state index in [2.05, 4.69) is 24.2 Å². The van der Waals surface area contributed by atoms with E-state index in [1.807, 2.05) is 12.1 Å². The summed E-state index contributed by atoms with van der Waals surface area (Å²) < 4.78 is 5.41. The summed E-state index contributed by atoms with van der Waals surface area (Å²) in [4.78, 5) is 2.36. The minimum absolute atomic E-state index is 0.388. The van der Waals surface area contributed by atoms with Gasteiger partial charge in [-0.05, 0) is 26.1 Å². The zero-order valence-corrected chi connectivity index (χ0v) is 8.16. The third-order valence-corrected chi connectivity index (χ3v) is 2.84. The maximum atomic E-state index is 5.41. The molecule has 0 bridgehead atoms. The van der Waals surface area contributed by atoms with Crippen LogP contribution in [-0.2, 0) is 0 Å². The molecule has 3 nitrogen and oxygen atoms in total. The van der Waals surface area contributed by atoms with Crippen LogP contribution >= 0.6 is 0 Å².